The van der Waals surface area contributed by atoms with E-state index in [-0.39, 0.29) is 5.78 Å². The fourth-order valence-electron chi connectivity index (χ4n) is 3.15. The van der Waals surface area contributed by atoms with Crippen LogP contribution in [0.25, 0.3) is 0 Å². The highest BCUT2D eigenvalue weighted by Crippen LogP contribution is 2.29. The van der Waals surface area contributed by atoms with Crippen LogP contribution in [0.4, 0.5) is 0 Å². The van der Waals surface area contributed by atoms with E-state index in [2.05, 4.69) is 23.8 Å². The van der Waals surface area contributed by atoms with Crippen LogP contribution in [0.2, 0.25) is 0 Å². The first-order valence-corrected chi connectivity index (χ1v) is 7.75. The Morgan fingerprint density at radius 3 is 2.85 bits per heavy atom. The first-order valence-electron chi connectivity index (χ1n) is 7.75. The molecule has 0 radical (unpaired) electrons. The number of Topliss-reactive ketones (excluding diaryl/α,β-unsaturated/α-hetero) is 1. The number of aryl methyl sites for hydroxylation is 1. The fourth-order valence-corrected chi connectivity index (χ4v) is 3.15. The summed E-state index contributed by atoms with van der Waals surface area (Å²) in [5.41, 5.74) is 3.96. The Balaban J connectivity index is 2.04. The molecule has 0 atom stereocenters. The molecule has 0 saturated carbocycles. The molecule has 20 heavy (non-hydrogen) atoms. The lowest BCUT2D eigenvalue weighted by Crippen LogP contribution is -2.20. The zero-order chi connectivity index (χ0) is 14.1. The van der Waals surface area contributed by atoms with Crippen LogP contribution < -0.4 is 5.32 Å². The average molecular weight is 273 g/mol. The van der Waals surface area contributed by atoms with Gasteiger partial charge in [-0.2, -0.15) is 5.10 Å². The van der Waals surface area contributed by atoms with Crippen molar-refractivity contribution in [1.82, 2.24) is 15.1 Å². The largest absolute Gasteiger partial charge is 0.391 e. The first-order chi connectivity index (χ1) is 9.68. The van der Waals surface area contributed by atoms with E-state index in [0.717, 1.165) is 54.9 Å². The van der Waals surface area contributed by atoms with Crippen molar-refractivity contribution in [2.45, 2.75) is 58.4 Å². The van der Waals surface area contributed by atoms with Crippen LogP contribution in [0, 0.1) is 0 Å². The number of fused-ring (bicyclic) bond motifs is 1. The van der Waals surface area contributed by atoms with Crippen molar-refractivity contribution in [3.63, 3.8) is 0 Å². The molecule has 0 bridgehead atoms. The summed E-state index contributed by atoms with van der Waals surface area (Å²) in [7, 11) is 0. The summed E-state index contributed by atoms with van der Waals surface area (Å²) in [6.45, 7) is 6.18. The van der Waals surface area contributed by atoms with E-state index in [4.69, 9.17) is 5.10 Å². The van der Waals surface area contributed by atoms with Gasteiger partial charge in [0.05, 0.1) is 11.3 Å². The molecule has 2 aliphatic heterocycles. The third-order valence-electron chi connectivity index (χ3n) is 4.23. The minimum absolute atomic E-state index is 0.198. The van der Waals surface area contributed by atoms with Crippen LogP contribution in [-0.2, 0) is 13.0 Å². The van der Waals surface area contributed by atoms with Gasteiger partial charge in [0.2, 0.25) is 0 Å². The molecule has 3 heterocycles. The van der Waals surface area contributed by atoms with Gasteiger partial charge in [0.15, 0.2) is 5.78 Å². The van der Waals surface area contributed by atoms with Gasteiger partial charge in [0.1, 0.15) is 0 Å². The first kappa shape index (κ1) is 13.4. The highest BCUT2D eigenvalue weighted by molar-refractivity contribution is 6.10. The van der Waals surface area contributed by atoms with Gasteiger partial charge < -0.3 is 5.32 Å². The maximum Gasteiger partial charge on any atom is 0.194 e. The van der Waals surface area contributed by atoms with E-state index in [1.54, 1.807) is 0 Å². The van der Waals surface area contributed by atoms with E-state index in [1.165, 1.54) is 12.8 Å². The van der Waals surface area contributed by atoms with Crippen LogP contribution in [0.5, 0.6) is 0 Å². The van der Waals surface area contributed by atoms with Gasteiger partial charge in [-0.3, -0.25) is 9.48 Å². The zero-order valence-electron chi connectivity index (χ0n) is 12.4. The number of hydrogen-bond donors (Lipinski definition) is 1. The van der Waals surface area contributed by atoms with E-state index in [1.807, 2.05) is 6.20 Å². The number of nitrogens with one attached hydrogen (secondary N) is 1. The summed E-state index contributed by atoms with van der Waals surface area (Å²) < 4.78 is 2.07. The summed E-state index contributed by atoms with van der Waals surface area (Å²) in [4.78, 5) is 12.9. The molecule has 0 fully saturated rings. The Labute approximate surface area is 120 Å². The summed E-state index contributed by atoms with van der Waals surface area (Å²) in [6.07, 6.45) is 7.15. The number of allylic oxidation sites excluding steroid dienone is 1. The Hall–Kier alpha value is -1.58. The minimum atomic E-state index is 0.198. The molecule has 108 valence electrons. The third-order valence-corrected chi connectivity index (χ3v) is 4.23. The van der Waals surface area contributed by atoms with Crippen LogP contribution in [0.15, 0.2) is 11.8 Å². The molecular formula is C16H23N3O. The van der Waals surface area contributed by atoms with Gasteiger partial charge in [-0.25, -0.2) is 0 Å². The van der Waals surface area contributed by atoms with Crippen LogP contribution in [0.1, 0.15) is 67.2 Å². The second kappa shape index (κ2) is 5.43. The predicted octanol–water partition coefficient (Wildman–Crippen LogP) is 2.79. The molecule has 0 unspecified atom stereocenters. The molecule has 1 aromatic rings. The molecule has 0 amide bonds. The highest BCUT2D eigenvalue weighted by atomic mass is 16.1. The number of nitrogens with zero attached hydrogens (tertiary/aromatic N) is 2. The quantitative estimate of drug-likeness (QED) is 0.861. The standard InChI is InChI=1S/C16H23N3O/c1-11(2)15-14(13-7-3-4-9-19(13)18-15)16(20)12-6-5-8-17-10-12/h10-11,17H,3-9H2,1-2H3. The van der Waals surface area contributed by atoms with Gasteiger partial charge in [-0.1, -0.05) is 13.8 Å². The lowest BCUT2D eigenvalue weighted by molar-refractivity contribution is 0.102. The summed E-state index contributed by atoms with van der Waals surface area (Å²) in [5, 5.41) is 7.91. The summed E-state index contributed by atoms with van der Waals surface area (Å²) in [5.74, 6) is 0.494. The molecule has 4 heteroatoms. The Bertz CT molecular complexity index is 554. The number of hydrogen-bond acceptors (Lipinski definition) is 3. The third kappa shape index (κ3) is 2.28. The van der Waals surface area contributed by atoms with Crippen molar-refractivity contribution in [2.24, 2.45) is 0 Å². The van der Waals surface area contributed by atoms with Crippen LogP contribution in [-0.4, -0.2) is 22.1 Å². The lowest BCUT2D eigenvalue weighted by Gasteiger charge is -2.17. The van der Waals surface area contributed by atoms with Gasteiger partial charge in [0, 0.05) is 30.6 Å². The average Bonchev–Trinajstić information content (AvgIpc) is 2.87. The number of aromatic nitrogens is 2. The summed E-state index contributed by atoms with van der Waals surface area (Å²) >= 11 is 0. The Morgan fingerprint density at radius 2 is 2.15 bits per heavy atom. The van der Waals surface area contributed by atoms with Gasteiger partial charge >= 0.3 is 0 Å². The van der Waals surface area contributed by atoms with E-state index >= 15 is 0 Å². The lowest BCUT2D eigenvalue weighted by atomic mass is 9.92. The Kier molecular flexibility index (Phi) is 3.64. The number of ketones is 1. The van der Waals surface area contributed by atoms with Crippen molar-refractivity contribution in [1.29, 1.82) is 0 Å². The molecule has 4 nitrogen and oxygen atoms in total. The van der Waals surface area contributed by atoms with Crippen LogP contribution in [0.3, 0.4) is 0 Å². The molecule has 3 rings (SSSR count). The molecule has 0 aliphatic carbocycles. The second-order valence-electron chi connectivity index (χ2n) is 6.10. The number of carbonyl (C=O) groups is 1. The normalized spacial score (nSPS) is 18.4. The van der Waals surface area contributed by atoms with Crippen LogP contribution >= 0.6 is 0 Å². The second-order valence-corrected chi connectivity index (χ2v) is 6.10. The Morgan fingerprint density at radius 1 is 1.30 bits per heavy atom. The molecule has 0 saturated heterocycles. The van der Waals surface area contributed by atoms with Gasteiger partial charge in [-0.15, -0.1) is 0 Å². The molecule has 1 aromatic heterocycles. The van der Waals surface area contributed by atoms with E-state index < -0.39 is 0 Å². The summed E-state index contributed by atoms with van der Waals surface area (Å²) in [6, 6.07) is 0. The predicted molar refractivity (Wildman–Crippen MR) is 78.9 cm³/mol. The van der Waals surface area contributed by atoms with Gasteiger partial charge in [0.25, 0.3) is 0 Å². The van der Waals surface area contributed by atoms with Crippen molar-refractivity contribution in [3.05, 3.63) is 28.7 Å². The minimum Gasteiger partial charge on any atom is -0.391 e. The maximum atomic E-state index is 12.9. The van der Waals surface area contributed by atoms with Crippen molar-refractivity contribution in [3.8, 4) is 0 Å². The highest BCUT2D eigenvalue weighted by Gasteiger charge is 2.28. The molecule has 0 spiro atoms. The number of rotatable bonds is 3. The molecule has 1 N–H and O–H groups in total. The van der Waals surface area contributed by atoms with Gasteiger partial charge in [-0.05, 0) is 38.0 Å². The molecule has 2 aliphatic rings. The van der Waals surface area contributed by atoms with E-state index in [0.29, 0.717) is 5.92 Å². The van der Waals surface area contributed by atoms with Crippen molar-refractivity contribution >= 4 is 5.78 Å². The zero-order valence-corrected chi connectivity index (χ0v) is 12.4. The van der Waals surface area contributed by atoms with Crippen molar-refractivity contribution in [2.75, 3.05) is 6.54 Å². The SMILES string of the molecule is CC(C)c1nn2c(c1C(=O)C1=CNCCC1)CCCC2. The maximum absolute atomic E-state index is 12.9. The fraction of sp³-hybridized carbons (Fsp3) is 0.625. The smallest absolute Gasteiger partial charge is 0.194 e. The van der Waals surface area contributed by atoms with E-state index in [9.17, 15) is 4.79 Å². The number of carbonyl (C=O) groups excluding carboxylic acids is 1. The molecular weight excluding hydrogens is 250 g/mol. The van der Waals surface area contributed by atoms with Crippen molar-refractivity contribution < 1.29 is 4.79 Å². The monoisotopic (exact) mass is 273 g/mol. The molecule has 0 aromatic carbocycles. The topological polar surface area (TPSA) is 46.9 Å².